The van der Waals surface area contributed by atoms with E-state index in [-0.39, 0.29) is 17.4 Å². The predicted octanol–water partition coefficient (Wildman–Crippen LogP) is 3.59. The highest BCUT2D eigenvalue weighted by Gasteiger charge is 2.27. The quantitative estimate of drug-likeness (QED) is 0.636. The fourth-order valence-corrected chi connectivity index (χ4v) is 3.73. The van der Waals surface area contributed by atoms with Crippen LogP contribution in [-0.4, -0.2) is 26.9 Å². The van der Waals surface area contributed by atoms with Crippen LogP contribution in [0.1, 0.15) is 26.2 Å². The van der Waals surface area contributed by atoms with E-state index >= 15 is 0 Å². The Morgan fingerprint density at radius 1 is 1.29 bits per heavy atom. The minimum atomic E-state index is -0.625. The van der Waals surface area contributed by atoms with Gasteiger partial charge in [-0.05, 0) is 31.1 Å². The molecule has 1 aliphatic rings. The Morgan fingerprint density at radius 2 is 2.05 bits per heavy atom. The fourth-order valence-electron chi connectivity index (χ4n) is 2.58. The summed E-state index contributed by atoms with van der Waals surface area (Å²) in [4.78, 5) is 20.6. The second-order valence-electron chi connectivity index (χ2n) is 4.95. The third-order valence-electron chi connectivity index (χ3n) is 3.54. The van der Waals surface area contributed by atoms with Gasteiger partial charge in [0.05, 0.1) is 15.9 Å². The van der Waals surface area contributed by atoms with Gasteiger partial charge < -0.3 is 5.32 Å². The molecule has 1 aromatic rings. The topological polar surface area (TPSA) is 98.3 Å². The summed E-state index contributed by atoms with van der Waals surface area (Å²) in [6, 6.07) is 3.92. The first-order valence-corrected chi connectivity index (χ1v) is 7.87. The van der Waals surface area contributed by atoms with E-state index in [0.717, 1.165) is 31.1 Å². The van der Waals surface area contributed by atoms with Crippen LogP contribution < -0.4 is 5.32 Å². The minimum absolute atomic E-state index is 0.189. The zero-order valence-corrected chi connectivity index (χ0v) is 12.5. The first-order valence-electron chi connectivity index (χ1n) is 6.82. The molecule has 2 unspecified atom stereocenters. The summed E-state index contributed by atoms with van der Waals surface area (Å²) in [5, 5.41) is 25.5. The summed E-state index contributed by atoms with van der Waals surface area (Å²) in [6.07, 6.45) is 3.02. The molecule has 1 fully saturated rings. The Balaban J connectivity index is 2.13. The van der Waals surface area contributed by atoms with Crippen molar-refractivity contribution in [2.75, 3.05) is 11.1 Å². The third kappa shape index (κ3) is 3.84. The SMILES string of the molecule is CCSC1CCC(Nc2ccc([N+](=O)[O-])cc2[N+](=O)[O-])C1. The molecule has 0 saturated heterocycles. The molecule has 0 spiro atoms. The van der Waals surface area contributed by atoms with Crippen molar-refractivity contribution in [2.45, 2.75) is 37.5 Å². The number of rotatable bonds is 6. The molecule has 1 N–H and O–H groups in total. The average Bonchev–Trinajstić information content (AvgIpc) is 2.86. The molecule has 0 amide bonds. The van der Waals surface area contributed by atoms with Crippen molar-refractivity contribution in [1.82, 2.24) is 0 Å². The van der Waals surface area contributed by atoms with Gasteiger partial charge in [0.25, 0.3) is 11.4 Å². The van der Waals surface area contributed by atoms with E-state index in [9.17, 15) is 20.2 Å². The molecule has 0 radical (unpaired) electrons. The minimum Gasteiger partial charge on any atom is -0.377 e. The summed E-state index contributed by atoms with van der Waals surface area (Å²) < 4.78 is 0. The fraction of sp³-hybridized carbons (Fsp3) is 0.538. The molecule has 7 nitrogen and oxygen atoms in total. The van der Waals surface area contributed by atoms with Crippen molar-refractivity contribution in [2.24, 2.45) is 0 Å². The van der Waals surface area contributed by atoms with E-state index in [0.29, 0.717) is 10.9 Å². The van der Waals surface area contributed by atoms with Crippen molar-refractivity contribution < 1.29 is 9.85 Å². The first kappa shape index (κ1) is 15.6. The maximum absolute atomic E-state index is 11.1. The predicted molar refractivity (Wildman–Crippen MR) is 82.9 cm³/mol. The van der Waals surface area contributed by atoms with E-state index < -0.39 is 9.85 Å². The second-order valence-corrected chi connectivity index (χ2v) is 6.52. The van der Waals surface area contributed by atoms with E-state index in [2.05, 4.69) is 12.2 Å². The zero-order valence-electron chi connectivity index (χ0n) is 11.7. The maximum Gasteiger partial charge on any atom is 0.299 e. The standard InChI is InChI=1S/C13H17N3O4S/c1-2-21-11-5-3-9(7-11)14-12-6-4-10(15(17)18)8-13(12)16(19)20/h4,6,8-9,11,14H,2-3,5,7H2,1H3. The largest absolute Gasteiger partial charge is 0.377 e. The Morgan fingerprint density at radius 3 is 2.67 bits per heavy atom. The number of nitrogens with one attached hydrogen (secondary N) is 1. The summed E-state index contributed by atoms with van der Waals surface area (Å²) in [7, 11) is 0. The van der Waals surface area contributed by atoms with Crippen molar-refractivity contribution in [3.63, 3.8) is 0 Å². The lowest BCUT2D eigenvalue weighted by Crippen LogP contribution is -2.17. The molecule has 1 aliphatic carbocycles. The smallest absolute Gasteiger partial charge is 0.299 e. The van der Waals surface area contributed by atoms with Crippen LogP contribution in [0.4, 0.5) is 17.1 Å². The number of hydrogen-bond donors (Lipinski definition) is 1. The number of non-ortho nitro benzene ring substituents is 1. The number of benzene rings is 1. The molecule has 0 bridgehead atoms. The molecule has 2 atom stereocenters. The van der Waals surface area contributed by atoms with Gasteiger partial charge in [-0.15, -0.1) is 0 Å². The Bertz CT molecular complexity index is 552. The summed E-state index contributed by atoms with van der Waals surface area (Å²) in [5.74, 6) is 1.06. The molecular weight excluding hydrogens is 294 g/mol. The van der Waals surface area contributed by atoms with Gasteiger partial charge in [-0.3, -0.25) is 20.2 Å². The van der Waals surface area contributed by atoms with Gasteiger partial charge in [-0.1, -0.05) is 6.92 Å². The van der Waals surface area contributed by atoms with E-state index in [1.165, 1.54) is 12.1 Å². The van der Waals surface area contributed by atoms with Crippen LogP contribution in [0.3, 0.4) is 0 Å². The lowest BCUT2D eigenvalue weighted by Gasteiger charge is -2.14. The van der Waals surface area contributed by atoms with Crippen LogP contribution in [0.5, 0.6) is 0 Å². The molecule has 0 heterocycles. The van der Waals surface area contributed by atoms with Gasteiger partial charge in [0, 0.05) is 17.4 Å². The Kier molecular flexibility index (Phi) is 5.00. The summed E-state index contributed by atoms with van der Waals surface area (Å²) >= 11 is 1.91. The van der Waals surface area contributed by atoms with Crippen molar-refractivity contribution >= 4 is 28.8 Å². The summed E-state index contributed by atoms with van der Waals surface area (Å²) in [6.45, 7) is 2.12. The van der Waals surface area contributed by atoms with Crippen LogP contribution in [0.2, 0.25) is 0 Å². The van der Waals surface area contributed by atoms with Gasteiger partial charge in [0.1, 0.15) is 5.69 Å². The van der Waals surface area contributed by atoms with E-state index in [4.69, 9.17) is 0 Å². The summed E-state index contributed by atoms with van der Waals surface area (Å²) in [5.41, 5.74) is -0.147. The Hall–Kier alpha value is -1.83. The third-order valence-corrected chi connectivity index (χ3v) is 4.77. The maximum atomic E-state index is 11.1. The lowest BCUT2D eigenvalue weighted by molar-refractivity contribution is -0.393. The van der Waals surface area contributed by atoms with Crippen LogP contribution in [0.25, 0.3) is 0 Å². The zero-order chi connectivity index (χ0) is 15.4. The highest BCUT2D eigenvalue weighted by molar-refractivity contribution is 7.99. The normalized spacial score (nSPS) is 21.2. The molecule has 8 heteroatoms. The van der Waals surface area contributed by atoms with Crippen LogP contribution in [-0.2, 0) is 0 Å². The highest BCUT2D eigenvalue weighted by Crippen LogP contribution is 2.35. The molecule has 0 aromatic heterocycles. The van der Waals surface area contributed by atoms with E-state index in [1.54, 1.807) is 0 Å². The van der Waals surface area contributed by atoms with Crippen LogP contribution in [0.15, 0.2) is 18.2 Å². The van der Waals surface area contributed by atoms with Gasteiger partial charge in [0.2, 0.25) is 0 Å². The number of nitrogens with zero attached hydrogens (tertiary/aromatic N) is 2. The van der Waals surface area contributed by atoms with Gasteiger partial charge in [-0.2, -0.15) is 11.8 Å². The first-order chi connectivity index (χ1) is 10.0. The molecule has 21 heavy (non-hydrogen) atoms. The van der Waals surface area contributed by atoms with Crippen LogP contribution in [0, 0.1) is 20.2 Å². The Labute approximate surface area is 126 Å². The van der Waals surface area contributed by atoms with Crippen LogP contribution >= 0.6 is 11.8 Å². The van der Waals surface area contributed by atoms with Gasteiger partial charge in [-0.25, -0.2) is 0 Å². The van der Waals surface area contributed by atoms with Crippen molar-refractivity contribution in [3.05, 3.63) is 38.4 Å². The average molecular weight is 311 g/mol. The molecule has 1 saturated carbocycles. The number of nitro benzene ring substituents is 2. The number of nitro groups is 2. The molecule has 1 aromatic carbocycles. The van der Waals surface area contributed by atoms with E-state index in [1.807, 2.05) is 11.8 Å². The molecule has 2 rings (SSSR count). The molecule has 0 aliphatic heterocycles. The number of anilines is 1. The van der Waals surface area contributed by atoms with Gasteiger partial charge in [0.15, 0.2) is 0 Å². The number of hydrogen-bond acceptors (Lipinski definition) is 6. The van der Waals surface area contributed by atoms with Gasteiger partial charge >= 0.3 is 0 Å². The van der Waals surface area contributed by atoms with Crippen molar-refractivity contribution in [3.8, 4) is 0 Å². The molecular formula is C13H17N3O4S. The lowest BCUT2D eigenvalue weighted by atomic mass is 10.2. The second kappa shape index (κ2) is 6.75. The number of thioether (sulfide) groups is 1. The monoisotopic (exact) mass is 311 g/mol. The molecule has 114 valence electrons. The van der Waals surface area contributed by atoms with Crippen molar-refractivity contribution in [1.29, 1.82) is 0 Å². The highest BCUT2D eigenvalue weighted by atomic mass is 32.2.